The number of rotatable bonds is 15. The van der Waals surface area contributed by atoms with E-state index in [2.05, 4.69) is 175 Å². The Morgan fingerprint density at radius 1 is 0.446 bits per heavy atom. The fourth-order valence-corrected chi connectivity index (χ4v) is 14.7. The largest absolute Gasteiger partial charge is 0.508 e. The molecule has 5 aliphatic rings. The van der Waals surface area contributed by atoms with Crippen molar-refractivity contribution in [2.24, 2.45) is 0 Å². The van der Waals surface area contributed by atoms with E-state index in [0.29, 0.717) is 11.5 Å². The van der Waals surface area contributed by atoms with E-state index in [1.165, 1.54) is 76.3 Å². The molecule has 5 aliphatic heterocycles. The van der Waals surface area contributed by atoms with Crippen LogP contribution in [0.1, 0.15) is 103 Å². The van der Waals surface area contributed by atoms with E-state index in [0.717, 1.165) is 160 Å². The average Bonchev–Trinajstić information content (AvgIpc) is 1.73. The summed E-state index contributed by atoms with van der Waals surface area (Å²) in [5.41, 5.74) is 20.9. The Morgan fingerprint density at radius 3 is 1.07 bits per heavy atom. The minimum absolute atomic E-state index is 0.187. The number of phenolic OH excluding ortho intramolecular Hbond substituents is 1. The Labute approximate surface area is 665 Å². The summed E-state index contributed by atoms with van der Waals surface area (Å²) in [6, 6.07) is 65.7. The van der Waals surface area contributed by atoms with Gasteiger partial charge in [0, 0.05) is 121 Å². The first-order valence-corrected chi connectivity index (χ1v) is 39.6. The van der Waals surface area contributed by atoms with Crippen LogP contribution in [0.25, 0.3) is 88.6 Å². The van der Waals surface area contributed by atoms with Crippen molar-refractivity contribution >= 4 is 94.9 Å². The molecule has 580 valence electrons. The number of benzene rings is 8. The quantitative estimate of drug-likeness (QED) is 0.0562. The number of fused-ring (bicyclic) bond motifs is 8. The molecule has 0 aliphatic carbocycles. The number of pyridine rings is 4. The number of aliphatic hydroxyl groups excluding tert-OH is 1. The van der Waals surface area contributed by atoms with Gasteiger partial charge in [-0.05, 0) is 275 Å². The number of halogens is 2. The van der Waals surface area contributed by atoms with Gasteiger partial charge in [-0.2, -0.15) is 0 Å². The van der Waals surface area contributed by atoms with Crippen LogP contribution in [0.2, 0.25) is 0 Å². The predicted molar refractivity (Wildman–Crippen MR) is 458 cm³/mol. The molecular weight excluding hydrogens is 1470 g/mol. The van der Waals surface area contributed by atoms with Crippen molar-refractivity contribution in [3.8, 4) is 68.0 Å². The fraction of sp³-hybridized carbons (Fsp3) is 0.340. The molecule has 0 saturated carbocycles. The van der Waals surface area contributed by atoms with E-state index >= 15 is 0 Å². The van der Waals surface area contributed by atoms with Crippen LogP contribution in [-0.4, -0.2) is 144 Å². The standard InChI is InChI=1S/C24H27FN2O2.C24H26N2O2.C23H24N2O2.C19H18N2O.C4H7BrO/c1-24(2,23(28)15-25)29-19-8-10-21-17(14-19)6-9-20(26-21)16-7-11-22-18(13-16)5-4-12-27(22)3;1-24(2,23-15-27-23)28-19-8-10-21-17(14-19)6-9-20(25-21)16-7-11-22-18(13-16)5-4-12-26(22)3;1-23(2,15-26)27-19-8-10-21-17(14-19)6-9-20(24-21)16-7-11-22-18(13-16)5-4-12-25(22)3;1-21-10-2-3-15-11-13(5-9-19(15)21)17-7-4-14-12-16(22)6-8-18(14)20-17;1-4(2,5)3-6/h6-11,13-14,23,28H,4-5,12,15H2,1-3H3;6-11,13-14,23H,4-5,12,15H2,1-3H3;6-11,13-15H,4-5,12H2,1-3H3;4-9,11-12,22H,2-3,10H2,1H3;3H,1-2H3. The van der Waals surface area contributed by atoms with Gasteiger partial charge in [-0.25, -0.2) is 24.3 Å². The van der Waals surface area contributed by atoms with Gasteiger partial charge in [0.2, 0.25) is 0 Å². The lowest BCUT2D eigenvalue weighted by Gasteiger charge is -2.30. The highest BCUT2D eigenvalue weighted by molar-refractivity contribution is 9.10. The molecule has 0 spiro atoms. The van der Waals surface area contributed by atoms with Gasteiger partial charge in [-0.3, -0.25) is 4.79 Å². The third-order valence-corrected chi connectivity index (χ3v) is 21.5. The first kappa shape index (κ1) is 79.6. The van der Waals surface area contributed by atoms with E-state index in [1.807, 2.05) is 84.9 Å². The molecule has 2 N–H and O–H groups in total. The number of anilines is 4. The number of nitrogens with zero attached hydrogens (tertiary/aromatic N) is 8. The maximum Gasteiger partial charge on any atom is 0.162 e. The summed E-state index contributed by atoms with van der Waals surface area (Å²) in [4.78, 5) is 49.4. The van der Waals surface area contributed by atoms with Gasteiger partial charge in [0.1, 0.15) is 59.4 Å². The summed E-state index contributed by atoms with van der Waals surface area (Å²) in [5, 5.41) is 23.3. The van der Waals surface area contributed by atoms with Crippen LogP contribution >= 0.6 is 15.9 Å². The molecule has 1 fully saturated rings. The van der Waals surface area contributed by atoms with Crippen molar-refractivity contribution in [2.45, 2.75) is 140 Å². The highest BCUT2D eigenvalue weighted by atomic mass is 79.9. The number of hydrogen-bond acceptors (Lipinski definition) is 16. The van der Waals surface area contributed by atoms with Gasteiger partial charge in [-0.1, -0.05) is 64.5 Å². The number of hydrogen-bond donors (Lipinski definition) is 2. The van der Waals surface area contributed by atoms with Gasteiger partial charge >= 0.3 is 0 Å². The number of aliphatic hydroxyl groups is 1. The molecule has 8 aromatic carbocycles. The maximum absolute atomic E-state index is 12.8. The lowest BCUT2D eigenvalue weighted by Crippen LogP contribution is -2.43. The molecule has 4 aromatic heterocycles. The predicted octanol–water partition coefficient (Wildman–Crippen LogP) is 19.6. The lowest BCUT2D eigenvalue weighted by molar-refractivity contribution is -0.119. The fourth-order valence-electron chi connectivity index (χ4n) is 14.7. The Bertz CT molecular complexity index is 5410. The van der Waals surface area contributed by atoms with Crippen LogP contribution in [0.3, 0.4) is 0 Å². The SMILES string of the molecule is CC(C)(Br)C=O.CN1CCCc2cc(-c3ccc4cc(O)ccc4n3)ccc21.CN1CCCc2cc(-c3ccc4cc(OC(C)(C)C(O)CF)ccc4n3)ccc21.CN1CCCc2cc(-c3ccc4cc(OC(C)(C)C5CO5)ccc4n3)ccc21.CN1CCCc2cc(-c3ccc4cc(OC(C)(C)C=O)ccc4n3)ccc21. The number of phenols is 1. The number of ether oxygens (including phenoxy) is 4. The molecule has 17 rings (SSSR count). The smallest absolute Gasteiger partial charge is 0.162 e. The first-order valence-electron chi connectivity index (χ1n) is 38.8. The lowest BCUT2D eigenvalue weighted by atomic mass is 9.98. The van der Waals surface area contributed by atoms with Gasteiger partial charge in [0.05, 0.1) is 55.8 Å². The number of aromatic hydroxyl groups is 1. The zero-order valence-electron chi connectivity index (χ0n) is 66.4. The normalized spacial score (nSPS) is 15.4. The van der Waals surface area contributed by atoms with Gasteiger partial charge in [-0.15, -0.1) is 0 Å². The van der Waals surface area contributed by atoms with E-state index in [1.54, 1.807) is 53.7 Å². The molecule has 16 nitrogen and oxygen atoms in total. The molecule has 2 unspecified atom stereocenters. The monoisotopic (exact) mass is 1570 g/mol. The van der Waals surface area contributed by atoms with Crippen molar-refractivity contribution in [1.82, 2.24) is 19.9 Å². The highest BCUT2D eigenvalue weighted by Crippen LogP contribution is 2.39. The zero-order chi connectivity index (χ0) is 79.2. The van der Waals surface area contributed by atoms with Crippen LogP contribution in [-0.2, 0) is 40.0 Å². The van der Waals surface area contributed by atoms with Gasteiger partial charge in [0.25, 0.3) is 0 Å². The highest BCUT2D eigenvalue weighted by Gasteiger charge is 2.42. The van der Waals surface area contributed by atoms with Crippen LogP contribution in [0, 0.1) is 0 Å². The van der Waals surface area contributed by atoms with Crippen molar-refractivity contribution < 1.29 is 43.1 Å². The van der Waals surface area contributed by atoms with E-state index in [4.69, 9.17) is 38.9 Å². The summed E-state index contributed by atoms with van der Waals surface area (Å²) < 4.78 is 35.6. The number of carbonyl (C=O) groups is 2. The minimum atomic E-state index is -1.18. The molecule has 0 radical (unpaired) electrons. The second-order valence-corrected chi connectivity index (χ2v) is 34.2. The average molecular weight is 1570 g/mol. The van der Waals surface area contributed by atoms with Gasteiger partial charge < -0.3 is 53.6 Å². The van der Waals surface area contributed by atoms with E-state index in [9.17, 15) is 24.2 Å². The molecule has 112 heavy (non-hydrogen) atoms. The van der Waals surface area contributed by atoms with Crippen LogP contribution < -0.4 is 33.8 Å². The van der Waals surface area contributed by atoms with Crippen molar-refractivity contribution in [3.05, 3.63) is 216 Å². The number of aldehydes is 2. The molecule has 12 aromatic rings. The number of aryl methyl sites for hydroxylation is 4. The Balaban J connectivity index is 0.000000128. The molecule has 18 heteroatoms. The van der Waals surface area contributed by atoms with Crippen LogP contribution in [0.15, 0.2) is 194 Å². The Hall–Kier alpha value is -10.5. The molecule has 2 atom stereocenters. The van der Waals surface area contributed by atoms with E-state index in [-0.39, 0.29) is 21.8 Å². The zero-order valence-corrected chi connectivity index (χ0v) is 67.9. The molecule has 1 saturated heterocycles. The summed E-state index contributed by atoms with van der Waals surface area (Å²) in [7, 11) is 8.61. The Kier molecular flexibility index (Phi) is 24.0. The molecule has 0 amide bonds. The number of carbonyl (C=O) groups excluding carboxylic acids is 2. The molecular formula is C94H102BrFN8O8. The van der Waals surface area contributed by atoms with Crippen LogP contribution in [0.5, 0.6) is 23.0 Å². The first-order chi connectivity index (χ1) is 53.6. The second kappa shape index (κ2) is 33.8. The second-order valence-electron chi connectivity index (χ2n) is 32.1. The van der Waals surface area contributed by atoms with Crippen molar-refractivity contribution in [2.75, 3.05) is 87.3 Å². The Morgan fingerprint density at radius 2 is 0.759 bits per heavy atom. The summed E-state index contributed by atoms with van der Waals surface area (Å²) >= 11 is 3.11. The topological polar surface area (TPSA) is 179 Å². The maximum atomic E-state index is 12.8. The summed E-state index contributed by atoms with van der Waals surface area (Å²) in [6.07, 6.45) is 9.95. The van der Waals surface area contributed by atoms with E-state index < -0.39 is 24.0 Å². The number of alkyl halides is 2. The molecule has 9 heterocycles. The third-order valence-electron chi connectivity index (χ3n) is 21.3. The minimum Gasteiger partial charge on any atom is -0.508 e. The van der Waals surface area contributed by atoms with Crippen LogP contribution in [0.4, 0.5) is 27.1 Å². The number of aromatic nitrogens is 4. The third kappa shape index (κ3) is 19.3. The van der Waals surface area contributed by atoms with Gasteiger partial charge in [0.15, 0.2) is 11.9 Å². The van der Waals surface area contributed by atoms with Crippen molar-refractivity contribution in [3.63, 3.8) is 0 Å². The summed E-state index contributed by atoms with van der Waals surface area (Å²) in [6.45, 7) is 19.0. The van der Waals surface area contributed by atoms with Crippen molar-refractivity contribution in [1.29, 1.82) is 0 Å². The molecule has 0 bridgehead atoms. The summed E-state index contributed by atoms with van der Waals surface area (Å²) in [5.74, 6) is 2.39. The number of epoxide rings is 1.